The Hall–Kier alpha value is -3.26. The molecule has 43 heavy (non-hydrogen) atoms. The Bertz CT molecular complexity index is 1680. The first-order valence-corrected chi connectivity index (χ1v) is 13.2. The summed E-state index contributed by atoms with van der Waals surface area (Å²) < 4.78 is 30.3. The minimum Gasteiger partial charge on any atom is -0.550 e. The molecule has 0 radical (unpaired) electrons. The summed E-state index contributed by atoms with van der Waals surface area (Å²) in [7, 11) is 1.44. The number of amides is 2. The zero-order valence-electron chi connectivity index (χ0n) is 23.2. The van der Waals surface area contributed by atoms with Gasteiger partial charge in [0.1, 0.15) is 27.8 Å². The molecule has 4 aromatic rings. The first kappa shape index (κ1) is 32.6. The van der Waals surface area contributed by atoms with Crippen molar-refractivity contribution >= 4 is 51.7 Å². The van der Waals surface area contributed by atoms with Crippen molar-refractivity contribution in [1.82, 2.24) is 4.98 Å². The summed E-state index contributed by atoms with van der Waals surface area (Å²) in [6.45, 7) is -0.107. The van der Waals surface area contributed by atoms with Gasteiger partial charge < -0.3 is 34.7 Å². The number of hydrogen-bond acceptors (Lipinski definition) is 8. The third-order valence-corrected chi connectivity index (χ3v) is 7.09. The molecule has 1 aliphatic rings. The van der Waals surface area contributed by atoms with Crippen molar-refractivity contribution in [2.45, 2.75) is 19.3 Å². The van der Waals surface area contributed by atoms with Gasteiger partial charge in [-0.3, -0.25) is 14.6 Å². The standard InChI is InChI=1S/C30H25ClFN3O7.K/c1-40-24-15-19-21(16-25(24)41-14-10-26(36)37)33-13-9-22(19)42-23-4-2-3-20(27(23)31)35-29(39)30(11-12-30)28(38)34-18-7-5-17(32)6-8-18;/h2-9,13,15-16H,10-12,14H2,1H3,(H,34,38)(H,35,39)(H,36,37);/q;+1/p-1. The molecule has 3 aromatic carbocycles. The number of methoxy groups -OCH3 is 1. The second-order valence-electron chi connectivity index (χ2n) is 9.52. The molecule has 2 amide bonds. The van der Waals surface area contributed by atoms with Crippen LogP contribution >= 0.6 is 11.6 Å². The van der Waals surface area contributed by atoms with Gasteiger partial charge in [0, 0.05) is 35.7 Å². The number of benzene rings is 3. The van der Waals surface area contributed by atoms with E-state index in [0.717, 1.165) is 0 Å². The SMILES string of the molecule is COc1cc2c(Oc3cccc(NC(=O)C4(C(=O)Nc5ccc(F)cc5)CC4)c3Cl)ccnc2cc1OCCC(=O)[O-].[K+]. The first-order valence-electron chi connectivity index (χ1n) is 12.8. The Morgan fingerprint density at radius 1 is 0.977 bits per heavy atom. The number of nitrogens with one attached hydrogen (secondary N) is 2. The number of carbonyl (C=O) groups is 3. The van der Waals surface area contributed by atoms with Crippen LogP contribution in [0.1, 0.15) is 19.3 Å². The monoisotopic (exact) mass is 631 g/mol. The molecule has 2 N–H and O–H groups in total. The molecule has 0 bridgehead atoms. The summed E-state index contributed by atoms with van der Waals surface area (Å²) in [6.07, 6.45) is 1.93. The molecule has 1 fully saturated rings. The van der Waals surface area contributed by atoms with Gasteiger partial charge in [0.15, 0.2) is 11.5 Å². The molecule has 0 atom stereocenters. The van der Waals surface area contributed by atoms with Gasteiger partial charge in [-0.05, 0) is 61.4 Å². The van der Waals surface area contributed by atoms with Gasteiger partial charge in [0.05, 0.1) is 24.9 Å². The molecule has 0 saturated heterocycles. The van der Waals surface area contributed by atoms with Crippen LogP contribution in [0, 0.1) is 11.2 Å². The number of carboxylic acid groups (broad SMARTS) is 1. The van der Waals surface area contributed by atoms with E-state index in [0.29, 0.717) is 46.7 Å². The number of halogens is 2. The minimum atomic E-state index is -1.27. The zero-order chi connectivity index (χ0) is 29.9. The molecule has 0 unspecified atom stereocenters. The molecule has 1 aromatic heterocycles. The van der Waals surface area contributed by atoms with Gasteiger partial charge in [-0.25, -0.2) is 4.39 Å². The van der Waals surface area contributed by atoms with Gasteiger partial charge in [0.25, 0.3) is 0 Å². The van der Waals surface area contributed by atoms with E-state index in [1.807, 2.05) is 0 Å². The van der Waals surface area contributed by atoms with Crippen LogP contribution in [0.5, 0.6) is 23.0 Å². The summed E-state index contributed by atoms with van der Waals surface area (Å²) in [5, 5.41) is 16.8. The molecular formula is C30H24ClFKN3O7. The second-order valence-corrected chi connectivity index (χ2v) is 9.89. The third-order valence-electron chi connectivity index (χ3n) is 6.70. The average molecular weight is 632 g/mol. The number of aromatic nitrogens is 1. The minimum absolute atomic E-state index is 0. The van der Waals surface area contributed by atoms with Crippen molar-refractivity contribution in [3.05, 3.63) is 77.7 Å². The first-order chi connectivity index (χ1) is 20.2. The maximum absolute atomic E-state index is 13.2. The molecule has 0 aliphatic heterocycles. The number of ether oxygens (including phenoxy) is 3. The Morgan fingerprint density at radius 2 is 1.70 bits per heavy atom. The number of anilines is 2. The van der Waals surface area contributed by atoms with E-state index in [2.05, 4.69) is 15.6 Å². The zero-order valence-corrected chi connectivity index (χ0v) is 27.1. The van der Waals surface area contributed by atoms with Crippen LogP contribution in [-0.2, 0) is 14.4 Å². The van der Waals surface area contributed by atoms with Crippen molar-refractivity contribution in [1.29, 1.82) is 0 Å². The number of fused-ring (bicyclic) bond motifs is 1. The summed E-state index contributed by atoms with van der Waals surface area (Å²) >= 11 is 6.63. The summed E-state index contributed by atoms with van der Waals surface area (Å²) in [5.74, 6) is -1.44. The molecule has 13 heteroatoms. The van der Waals surface area contributed by atoms with E-state index in [1.165, 1.54) is 37.6 Å². The predicted octanol–water partition coefficient (Wildman–Crippen LogP) is 1.71. The largest absolute Gasteiger partial charge is 1.00 e. The Balaban J connectivity index is 0.00000423. The molecule has 216 valence electrons. The van der Waals surface area contributed by atoms with E-state index in [-0.39, 0.29) is 80.9 Å². The Labute approximate surface area is 293 Å². The van der Waals surface area contributed by atoms with Crippen molar-refractivity contribution in [2.24, 2.45) is 5.41 Å². The second kappa shape index (κ2) is 14.0. The molecule has 1 saturated carbocycles. The number of pyridine rings is 1. The van der Waals surface area contributed by atoms with E-state index >= 15 is 0 Å². The van der Waals surface area contributed by atoms with Crippen LogP contribution in [0.4, 0.5) is 15.8 Å². The van der Waals surface area contributed by atoms with Crippen LogP contribution in [0.15, 0.2) is 66.9 Å². The van der Waals surface area contributed by atoms with Crippen molar-refractivity contribution in [3.8, 4) is 23.0 Å². The number of rotatable bonds is 11. The maximum Gasteiger partial charge on any atom is 1.00 e. The number of hydrogen-bond donors (Lipinski definition) is 2. The molecule has 1 aliphatic carbocycles. The fraction of sp³-hybridized carbons (Fsp3) is 0.200. The van der Waals surface area contributed by atoms with Crippen LogP contribution < -0.4 is 81.3 Å². The van der Waals surface area contributed by atoms with E-state index < -0.39 is 29.0 Å². The van der Waals surface area contributed by atoms with Gasteiger partial charge in [0.2, 0.25) is 11.8 Å². The molecule has 10 nitrogen and oxygen atoms in total. The normalized spacial score (nSPS) is 12.9. The van der Waals surface area contributed by atoms with Crippen LogP contribution in [0.25, 0.3) is 10.9 Å². The van der Waals surface area contributed by atoms with Gasteiger partial charge in [-0.1, -0.05) is 17.7 Å². The van der Waals surface area contributed by atoms with Gasteiger partial charge in [-0.2, -0.15) is 0 Å². The average Bonchev–Trinajstić information content (AvgIpc) is 3.78. The summed E-state index contributed by atoms with van der Waals surface area (Å²) in [5.41, 5.74) is -0.154. The fourth-order valence-corrected chi connectivity index (χ4v) is 4.46. The number of carbonyl (C=O) groups excluding carboxylic acids is 3. The predicted molar refractivity (Wildman–Crippen MR) is 150 cm³/mol. The van der Waals surface area contributed by atoms with Crippen LogP contribution in [0.3, 0.4) is 0 Å². The molecule has 1 heterocycles. The molecule has 0 spiro atoms. The molecular weight excluding hydrogens is 608 g/mol. The van der Waals surface area contributed by atoms with Crippen molar-refractivity contribution < 1.29 is 89.5 Å². The van der Waals surface area contributed by atoms with Crippen LogP contribution in [-0.4, -0.2) is 36.5 Å². The van der Waals surface area contributed by atoms with E-state index in [9.17, 15) is 23.9 Å². The van der Waals surface area contributed by atoms with Gasteiger partial charge in [-0.15, -0.1) is 0 Å². The Kier molecular flexibility index (Phi) is 10.6. The summed E-state index contributed by atoms with van der Waals surface area (Å²) in [4.78, 5) is 41.2. The summed E-state index contributed by atoms with van der Waals surface area (Å²) in [6, 6.07) is 15.0. The number of carboxylic acids is 1. The topological polar surface area (TPSA) is 139 Å². The van der Waals surface area contributed by atoms with E-state index in [4.69, 9.17) is 25.8 Å². The third kappa shape index (κ3) is 7.46. The van der Waals surface area contributed by atoms with Crippen molar-refractivity contribution in [2.75, 3.05) is 24.4 Å². The quantitative estimate of drug-likeness (QED) is 0.188. The smallest absolute Gasteiger partial charge is 0.550 e. The number of aliphatic carboxylic acids is 1. The fourth-order valence-electron chi connectivity index (χ4n) is 4.25. The maximum atomic E-state index is 13.2. The van der Waals surface area contributed by atoms with Crippen LogP contribution in [0.2, 0.25) is 5.02 Å². The Morgan fingerprint density at radius 3 is 2.37 bits per heavy atom. The van der Waals surface area contributed by atoms with E-state index in [1.54, 1.807) is 36.4 Å². The van der Waals surface area contributed by atoms with Crippen molar-refractivity contribution in [3.63, 3.8) is 0 Å². The molecule has 5 rings (SSSR count). The van der Waals surface area contributed by atoms with Gasteiger partial charge >= 0.3 is 51.4 Å². The number of nitrogens with zero attached hydrogens (tertiary/aromatic N) is 1.